The average Bonchev–Trinajstić information content (AvgIpc) is 2.73. The number of ether oxygens (including phenoxy) is 1. The molecule has 0 amide bonds. The molecule has 1 atom stereocenters. The SMILES string of the molecule is CCCN1CCOC(c2nc(Cl)c3c(n2)CCCCC3)C1. The van der Waals surface area contributed by atoms with Gasteiger partial charge in [0.25, 0.3) is 0 Å². The van der Waals surface area contributed by atoms with Gasteiger partial charge < -0.3 is 4.74 Å². The fourth-order valence-electron chi connectivity index (χ4n) is 3.27. The number of rotatable bonds is 3. The van der Waals surface area contributed by atoms with Gasteiger partial charge in [-0.2, -0.15) is 0 Å². The van der Waals surface area contributed by atoms with Crippen molar-refractivity contribution < 1.29 is 4.74 Å². The molecule has 116 valence electrons. The minimum absolute atomic E-state index is 0.0312. The van der Waals surface area contributed by atoms with Crippen LogP contribution in [0.3, 0.4) is 0 Å². The van der Waals surface area contributed by atoms with Gasteiger partial charge in [-0.3, -0.25) is 4.90 Å². The van der Waals surface area contributed by atoms with E-state index in [1.54, 1.807) is 0 Å². The summed E-state index contributed by atoms with van der Waals surface area (Å²) in [5, 5.41) is 0.646. The third kappa shape index (κ3) is 3.55. The Morgan fingerprint density at radius 2 is 2.10 bits per heavy atom. The monoisotopic (exact) mass is 309 g/mol. The summed E-state index contributed by atoms with van der Waals surface area (Å²) in [4.78, 5) is 11.8. The van der Waals surface area contributed by atoms with E-state index >= 15 is 0 Å². The van der Waals surface area contributed by atoms with Gasteiger partial charge in [-0.15, -0.1) is 0 Å². The predicted molar refractivity (Wildman–Crippen MR) is 83.7 cm³/mol. The fraction of sp³-hybridized carbons (Fsp3) is 0.750. The van der Waals surface area contributed by atoms with Crippen LogP contribution in [-0.2, 0) is 17.6 Å². The van der Waals surface area contributed by atoms with Crippen LogP contribution in [0.25, 0.3) is 0 Å². The van der Waals surface area contributed by atoms with E-state index in [9.17, 15) is 0 Å². The van der Waals surface area contributed by atoms with E-state index in [0.29, 0.717) is 5.15 Å². The highest BCUT2D eigenvalue weighted by atomic mass is 35.5. The summed E-state index contributed by atoms with van der Waals surface area (Å²) in [5.41, 5.74) is 2.32. The van der Waals surface area contributed by atoms with Crippen LogP contribution < -0.4 is 0 Å². The number of fused-ring (bicyclic) bond motifs is 1. The van der Waals surface area contributed by atoms with Crippen molar-refractivity contribution in [2.24, 2.45) is 0 Å². The van der Waals surface area contributed by atoms with Crippen molar-refractivity contribution in [3.05, 3.63) is 22.2 Å². The highest BCUT2D eigenvalue weighted by Crippen LogP contribution is 2.28. The van der Waals surface area contributed by atoms with Gasteiger partial charge in [-0.1, -0.05) is 24.9 Å². The van der Waals surface area contributed by atoms with Gasteiger partial charge in [0.05, 0.1) is 6.61 Å². The minimum Gasteiger partial charge on any atom is -0.368 e. The van der Waals surface area contributed by atoms with Crippen LogP contribution in [0.15, 0.2) is 0 Å². The van der Waals surface area contributed by atoms with Gasteiger partial charge in [-0.25, -0.2) is 9.97 Å². The number of morpholine rings is 1. The zero-order valence-electron chi connectivity index (χ0n) is 12.8. The Morgan fingerprint density at radius 1 is 1.24 bits per heavy atom. The van der Waals surface area contributed by atoms with Crippen molar-refractivity contribution in [1.29, 1.82) is 0 Å². The Balaban J connectivity index is 1.82. The summed E-state index contributed by atoms with van der Waals surface area (Å²) in [6.45, 7) is 5.95. The van der Waals surface area contributed by atoms with Gasteiger partial charge in [0.15, 0.2) is 5.82 Å². The van der Waals surface area contributed by atoms with Crippen LogP contribution in [0.2, 0.25) is 5.15 Å². The van der Waals surface area contributed by atoms with Crippen molar-refractivity contribution >= 4 is 11.6 Å². The Hall–Kier alpha value is -0.710. The third-order valence-electron chi connectivity index (χ3n) is 4.38. The smallest absolute Gasteiger partial charge is 0.160 e. The molecule has 1 saturated heterocycles. The molecule has 1 aliphatic carbocycles. The molecule has 0 spiro atoms. The first kappa shape index (κ1) is 15.2. The lowest BCUT2D eigenvalue weighted by atomic mass is 10.1. The quantitative estimate of drug-likeness (QED) is 0.635. The van der Waals surface area contributed by atoms with E-state index in [-0.39, 0.29) is 6.10 Å². The Labute approximate surface area is 131 Å². The minimum atomic E-state index is -0.0312. The molecule has 1 aromatic heterocycles. The molecule has 3 rings (SSSR count). The summed E-state index contributed by atoms with van der Waals surface area (Å²) in [7, 11) is 0. The van der Waals surface area contributed by atoms with Gasteiger partial charge in [0.2, 0.25) is 0 Å². The van der Waals surface area contributed by atoms with Gasteiger partial charge in [0.1, 0.15) is 11.3 Å². The molecule has 2 heterocycles. The van der Waals surface area contributed by atoms with Crippen molar-refractivity contribution in [2.75, 3.05) is 26.2 Å². The van der Waals surface area contributed by atoms with Crippen LogP contribution in [0.4, 0.5) is 0 Å². The zero-order chi connectivity index (χ0) is 14.7. The standard InChI is InChI=1S/C16H24ClN3O/c1-2-8-20-9-10-21-14(11-20)16-18-13-7-5-3-4-6-12(13)15(17)19-16/h14H,2-11H2,1H3. The first-order valence-corrected chi connectivity index (χ1v) is 8.55. The normalized spacial score (nSPS) is 23.6. The number of aryl methyl sites for hydroxylation is 1. The first-order valence-electron chi connectivity index (χ1n) is 8.17. The van der Waals surface area contributed by atoms with Gasteiger partial charge in [0, 0.05) is 24.3 Å². The van der Waals surface area contributed by atoms with Gasteiger partial charge in [-0.05, 0) is 38.6 Å². The Bertz CT molecular complexity index is 493. The summed E-state index contributed by atoms with van der Waals surface area (Å²) >= 11 is 6.42. The van der Waals surface area contributed by atoms with Crippen LogP contribution >= 0.6 is 11.6 Å². The number of aromatic nitrogens is 2. The van der Waals surface area contributed by atoms with Crippen molar-refractivity contribution in [3.8, 4) is 0 Å². The second kappa shape index (κ2) is 7.03. The van der Waals surface area contributed by atoms with E-state index in [1.807, 2.05) is 0 Å². The van der Waals surface area contributed by atoms with Crippen LogP contribution in [0, 0.1) is 0 Å². The van der Waals surface area contributed by atoms with E-state index in [4.69, 9.17) is 21.3 Å². The number of hydrogen-bond acceptors (Lipinski definition) is 4. The van der Waals surface area contributed by atoms with Crippen molar-refractivity contribution in [1.82, 2.24) is 14.9 Å². The fourth-order valence-corrected chi connectivity index (χ4v) is 3.56. The maximum Gasteiger partial charge on any atom is 0.160 e. The van der Waals surface area contributed by atoms with Crippen molar-refractivity contribution in [3.63, 3.8) is 0 Å². The molecule has 4 nitrogen and oxygen atoms in total. The molecule has 0 N–H and O–H groups in total. The highest BCUT2D eigenvalue weighted by Gasteiger charge is 2.26. The lowest BCUT2D eigenvalue weighted by molar-refractivity contribution is -0.0343. The van der Waals surface area contributed by atoms with Crippen molar-refractivity contribution in [2.45, 2.75) is 51.6 Å². The molecule has 0 saturated carbocycles. The van der Waals surface area contributed by atoms with Crippen LogP contribution in [0.1, 0.15) is 55.8 Å². The molecular formula is C16H24ClN3O. The Kier molecular flexibility index (Phi) is 5.09. The maximum atomic E-state index is 6.42. The summed E-state index contributed by atoms with van der Waals surface area (Å²) in [5.74, 6) is 0.779. The summed E-state index contributed by atoms with van der Waals surface area (Å²) < 4.78 is 5.89. The van der Waals surface area contributed by atoms with Crippen LogP contribution in [-0.4, -0.2) is 41.1 Å². The van der Waals surface area contributed by atoms with E-state index in [1.165, 1.54) is 31.2 Å². The van der Waals surface area contributed by atoms with E-state index < -0.39 is 0 Å². The van der Waals surface area contributed by atoms with Crippen LogP contribution in [0.5, 0.6) is 0 Å². The Morgan fingerprint density at radius 3 is 2.95 bits per heavy atom. The van der Waals surface area contributed by atoms with E-state index in [0.717, 1.165) is 50.6 Å². The largest absolute Gasteiger partial charge is 0.368 e. The number of hydrogen-bond donors (Lipinski definition) is 0. The lowest BCUT2D eigenvalue weighted by Gasteiger charge is -2.32. The summed E-state index contributed by atoms with van der Waals surface area (Å²) in [6, 6.07) is 0. The molecule has 0 aromatic carbocycles. The lowest BCUT2D eigenvalue weighted by Crippen LogP contribution is -2.39. The number of nitrogens with zero attached hydrogens (tertiary/aromatic N) is 3. The second-order valence-electron chi connectivity index (χ2n) is 6.02. The topological polar surface area (TPSA) is 38.2 Å². The molecule has 1 aromatic rings. The summed E-state index contributed by atoms with van der Waals surface area (Å²) in [6.07, 6.45) is 6.83. The molecule has 5 heteroatoms. The zero-order valence-corrected chi connectivity index (χ0v) is 13.5. The molecule has 21 heavy (non-hydrogen) atoms. The predicted octanol–water partition coefficient (Wildman–Crippen LogP) is 3.18. The third-order valence-corrected chi connectivity index (χ3v) is 4.69. The second-order valence-corrected chi connectivity index (χ2v) is 6.38. The first-order chi connectivity index (χ1) is 10.3. The average molecular weight is 310 g/mol. The van der Waals surface area contributed by atoms with Gasteiger partial charge >= 0.3 is 0 Å². The molecule has 0 bridgehead atoms. The van der Waals surface area contributed by atoms with E-state index in [2.05, 4.69) is 16.8 Å². The molecule has 0 radical (unpaired) electrons. The molecule has 2 aliphatic rings. The maximum absolute atomic E-state index is 6.42. The molecule has 1 aliphatic heterocycles. The highest BCUT2D eigenvalue weighted by molar-refractivity contribution is 6.30. The molecular weight excluding hydrogens is 286 g/mol. The molecule has 1 unspecified atom stereocenters. The number of halogens is 1. The molecule has 1 fully saturated rings.